The Kier molecular flexibility index (Phi) is 65.4. The minimum Gasteiger partial charge on any atom is -0.458 e. The van der Waals surface area contributed by atoms with Crippen LogP contribution in [0.3, 0.4) is 0 Å². The molecule has 0 aromatic rings. The number of aliphatic hydroxyl groups excluding tert-OH is 1. The number of unbranched alkanes of at least 4 members (excludes halogenated alkanes) is 52. The van der Waals surface area contributed by atoms with E-state index in [1.54, 1.807) is 0 Å². The van der Waals surface area contributed by atoms with Crippen molar-refractivity contribution in [1.29, 1.82) is 0 Å². The van der Waals surface area contributed by atoms with Crippen LogP contribution in [-0.2, 0) is 19.1 Å². The Morgan fingerprint density at radius 3 is 0.918 bits per heavy atom. The van der Waals surface area contributed by atoms with Crippen molar-refractivity contribution in [1.82, 2.24) is 0 Å². The first kappa shape index (κ1) is 83.3. The van der Waals surface area contributed by atoms with Crippen molar-refractivity contribution in [2.75, 3.05) is 33.8 Å². The van der Waals surface area contributed by atoms with Gasteiger partial charge in [-0.2, -0.15) is 0 Å². The van der Waals surface area contributed by atoms with Crippen molar-refractivity contribution in [2.45, 2.75) is 437 Å². The van der Waals surface area contributed by atoms with Gasteiger partial charge in [0.25, 0.3) is 0 Å². The van der Waals surface area contributed by atoms with Gasteiger partial charge in [0.05, 0.1) is 20.7 Å². The number of esters is 2. The minimum atomic E-state index is -0.943. The summed E-state index contributed by atoms with van der Waals surface area (Å²) in [6.45, 7) is 10.3. The van der Waals surface area contributed by atoms with Crippen molar-refractivity contribution >= 4 is 11.9 Å². The van der Waals surface area contributed by atoms with E-state index >= 15 is 0 Å². The first-order chi connectivity index (χ1) is 41.7. The van der Waals surface area contributed by atoms with Crippen LogP contribution in [0.2, 0.25) is 0 Å². The van der Waals surface area contributed by atoms with E-state index in [1.165, 1.54) is 295 Å². The molecule has 0 aliphatic carbocycles. The molecule has 6 heteroatoms. The molecular formula is C79H154NO5+. The third kappa shape index (κ3) is 59.7. The molecule has 0 saturated carbocycles. The molecule has 0 saturated heterocycles. The minimum absolute atomic E-state index is 0.0596. The number of carbonyl (C=O) groups is 2. The largest absolute Gasteiger partial charge is 0.458 e. The Balaban J connectivity index is 5.96. The van der Waals surface area contributed by atoms with Crippen molar-refractivity contribution in [3.8, 4) is 0 Å². The van der Waals surface area contributed by atoms with Crippen molar-refractivity contribution in [2.24, 2.45) is 0 Å². The molecule has 85 heavy (non-hydrogen) atoms. The van der Waals surface area contributed by atoms with E-state index in [2.05, 4.69) is 66.1 Å². The van der Waals surface area contributed by atoms with Crippen LogP contribution < -0.4 is 0 Å². The monoisotopic (exact) mass is 1200 g/mol. The molecule has 6 nitrogen and oxygen atoms in total. The number of hydrogen-bond donors (Lipinski definition) is 1. The van der Waals surface area contributed by atoms with Crippen LogP contribution >= 0.6 is 0 Å². The molecule has 2 atom stereocenters. The maximum atomic E-state index is 14.4. The average molecular weight is 1200 g/mol. The summed E-state index contributed by atoms with van der Waals surface area (Å²) in [4.78, 5) is 28.6. The number of carbonyl (C=O) groups excluding carboxylic acids is 2. The second kappa shape index (κ2) is 66.8. The lowest BCUT2D eigenvalue weighted by Gasteiger charge is -2.44. The van der Waals surface area contributed by atoms with Crippen LogP contribution in [0.1, 0.15) is 426 Å². The molecular weight excluding hydrogens is 1040 g/mol. The molecule has 1 N–H and O–H groups in total. The SMILES string of the molecule is CCCCCCCC/C=C\CCCCCCCC(=O)OC(CCCCCCCCCCCCCCCCCC)C(CCCCCCCCCCCCCCCCCC)(C[N+](C)(C)CCO)OC(=O)CCCCCCC/C=C\CCCCCCCC. The fourth-order valence-corrected chi connectivity index (χ4v) is 13.0. The Morgan fingerprint density at radius 2 is 0.612 bits per heavy atom. The normalized spacial score (nSPS) is 13.2. The molecule has 0 amide bonds. The van der Waals surface area contributed by atoms with Gasteiger partial charge in [-0.3, -0.25) is 9.59 Å². The predicted molar refractivity (Wildman–Crippen MR) is 375 cm³/mol. The standard InChI is InChI=1S/C79H154NO5/c1-7-11-15-19-23-27-31-35-39-43-45-49-53-57-61-65-69-76(84-77(82)70-66-62-58-54-50-46-41-37-33-29-25-21-17-13-9-3)79(75-80(5,6)73-74-81,72-68-64-60-56-52-48-44-40-36-32-28-24-20-16-12-8-2)85-78(83)71-67-63-59-55-51-47-42-38-34-30-26-22-18-14-10-4/h37-38,41-42,76,81H,7-36,39-40,43-75H2,1-6H3/q+1/b41-37-,42-38-. The molecule has 0 rings (SSSR count). The molecule has 0 aliphatic rings. The second-order valence-corrected chi connectivity index (χ2v) is 27.9. The Labute approximate surface area is 533 Å². The number of ether oxygens (including phenoxy) is 2. The van der Waals surface area contributed by atoms with Crippen LogP contribution in [0, 0.1) is 0 Å². The zero-order valence-corrected chi connectivity index (χ0v) is 58.9. The lowest BCUT2D eigenvalue weighted by molar-refractivity contribution is -0.897. The number of allylic oxidation sites excluding steroid dienone is 4. The van der Waals surface area contributed by atoms with Crippen LogP contribution in [0.5, 0.6) is 0 Å². The number of nitrogens with zero attached hydrogens (tertiary/aromatic N) is 1. The van der Waals surface area contributed by atoms with E-state index in [1.807, 2.05) is 0 Å². The van der Waals surface area contributed by atoms with Crippen molar-refractivity contribution in [3.05, 3.63) is 24.3 Å². The third-order valence-electron chi connectivity index (χ3n) is 18.6. The molecule has 0 aromatic carbocycles. The molecule has 0 radical (unpaired) electrons. The average Bonchev–Trinajstić information content (AvgIpc) is 2.98. The predicted octanol–water partition coefficient (Wildman–Crippen LogP) is 25.6. The van der Waals surface area contributed by atoms with Crippen LogP contribution in [0.25, 0.3) is 0 Å². The Bertz CT molecular complexity index is 1410. The summed E-state index contributed by atoms with van der Waals surface area (Å²) in [5.41, 5.74) is -0.943. The molecule has 0 spiro atoms. The first-order valence-corrected chi connectivity index (χ1v) is 38.8. The van der Waals surface area contributed by atoms with Crippen LogP contribution in [0.15, 0.2) is 24.3 Å². The van der Waals surface area contributed by atoms with Gasteiger partial charge in [-0.15, -0.1) is 0 Å². The van der Waals surface area contributed by atoms with E-state index in [0.29, 0.717) is 36.8 Å². The zero-order chi connectivity index (χ0) is 61.9. The molecule has 0 heterocycles. The maximum Gasteiger partial charge on any atom is 0.306 e. The van der Waals surface area contributed by atoms with E-state index < -0.39 is 11.7 Å². The van der Waals surface area contributed by atoms with Gasteiger partial charge in [-0.25, -0.2) is 0 Å². The topological polar surface area (TPSA) is 72.8 Å². The van der Waals surface area contributed by atoms with Gasteiger partial charge in [0.1, 0.15) is 19.2 Å². The van der Waals surface area contributed by atoms with Crippen LogP contribution in [-0.4, -0.2) is 67.0 Å². The lowest BCUT2D eigenvalue weighted by atomic mass is 9.84. The van der Waals surface area contributed by atoms with Gasteiger partial charge in [0, 0.05) is 12.8 Å². The summed E-state index contributed by atoms with van der Waals surface area (Å²) >= 11 is 0. The highest BCUT2D eigenvalue weighted by atomic mass is 16.6. The summed E-state index contributed by atoms with van der Waals surface area (Å²) in [7, 11) is 4.32. The summed E-state index contributed by atoms with van der Waals surface area (Å²) < 4.78 is 14.3. The van der Waals surface area contributed by atoms with Crippen LogP contribution in [0.4, 0.5) is 0 Å². The number of hydrogen-bond acceptors (Lipinski definition) is 5. The Hall–Kier alpha value is -1.66. The number of quaternary nitrogens is 1. The smallest absolute Gasteiger partial charge is 0.306 e. The summed E-state index contributed by atoms with van der Waals surface area (Å²) in [5, 5.41) is 10.4. The van der Waals surface area contributed by atoms with Crippen molar-refractivity contribution < 1.29 is 28.7 Å². The van der Waals surface area contributed by atoms with E-state index in [-0.39, 0.29) is 18.5 Å². The van der Waals surface area contributed by atoms with Gasteiger partial charge in [-0.1, -0.05) is 347 Å². The number of aliphatic hydroxyl groups is 1. The van der Waals surface area contributed by atoms with Gasteiger partial charge < -0.3 is 19.1 Å². The van der Waals surface area contributed by atoms with Gasteiger partial charge >= 0.3 is 11.9 Å². The maximum absolute atomic E-state index is 14.4. The van der Waals surface area contributed by atoms with Crippen molar-refractivity contribution in [3.63, 3.8) is 0 Å². The Morgan fingerprint density at radius 1 is 0.353 bits per heavy atom. The fourth-order valence-electron chi connectivity index (χ4n) is 13.0. The van der Waals surface area contributed by atoms with Gasteiger partial charge in [0.2, 0.25) is 0 Å². The molecule has 0 aliphatic heterocycles. The van der Waals surface area contributed by atoms with E-state index in [9.17, 15) is 14.7 Å². The molecule has 0 fully saturated rings. The highest BCUT2D eigenvalue weighted by molar-refractivity contribution is 5.71. The first-order valence-electron chi connectivity index (χ1n) is 38.8. The number of rotatable bonds is 71. The van der Waals surface area contributed by atoms with Gasteiger partial charge in [0.15, 0.2) is 5.60 Å². The third-order valence-corrected chi connectivity index (χ3v) is 18.6. The molecule has 0 bridgehead atoms. The highest BCUT2D eigenvalue weighted by Crippen LogP contribution is 2.35. The quantitative estimate of drug-likeness (QED) is 0.0284. The van der Waals surface area contributed by atoms with Gasteiger partial charge in [-0.05, 0) is 89.9 Å². The summed E-state index contributed by atoms with van der Waals surface area (Å²) in [6.07, 6.45) is 85.1. The molecule has 0 aromatic heterocycles. The second-order valence-electron chi connectivity index (χ2n) is 27.9. The van der Waals surface area contributed by atoms with E-state index in [0.717, 1.165) is 83.5 Å². The fraction of sp³-hybridized carbons (Fsp3) is 0.924. The zero-order valence-electron chi connectivity index (χ0n) is 58.9. The van der Waals surface area contributed by atoms with E-state index in [4.69, 9.17) is 9.47 Å². The summed E-state index contributed by atoms with van der Waals surface area (Å²) in [5.74, 6) is -0.264. The molecule has 2 unspecified atom stereocenters. The summed E-state index contributed by atoms with van der Waals surface area (Å²) in [6, 6.07) is 0. The number of likely N-dealkylation sites (N-methyl/N-ethyl adjacent to an activating group) is 1. The highest BCUT2D eigenvalue weighted by Gasteiger charge is 2.49. The molecule has 504 valence electrons. The lowest BCUT2D eigenvalue weighted by Crippen LogP contribution is -2.60.